The van der Waals surface area contributed by atoms with E-state index in [-0.39, 0.29) is 21.2 Å². The summed E-state index contributed by atoms with van der Waals surface area (Å²) in [5.41, 5.74) is 0.853. The van der Waals surface area contributed by atoms with Gasteiger partial charge in [0.2, 0.25) is 0 Å². The van der Waals surface area contributed by atoms with E-state index in [4.69, 9.17) is 16.3 Å². The Kier molecular flexibility index (Phi) is 6.67. The second-order valence-corrected chi connectivity index (χ2v) is 8.76. The lowest BCUT2D eigenvalue weighted by atomic mass is 10.2. The Labute approximate surface area is 185 Å². The minimum absolute atomic E-state index is 0.0176. The van der Waals surface area contributed by atoms with Gasteiger partial charge in [-0.05, 0) is 42.5 Å². The van der Waals surface area contributed by atoms with Crippen molar-refractivity contribution in [2.45, 2.75) is 4.90 Å². The first-order valence-electron chi connectivity index (χ1n) is 9.11. The number of carbonyl (C=O) groups is 1. The van der Waals surface area contributed by atoms with Crippen molar-refractivity contribution in [3.05, 3.63) is 71.4 Å². The number of aromatic nitrogens is 1. The van der Waals surface area contributed by atoms with Gasteiger partial charge in [0.25, 0.3) is 15.9 Å². The van der Waals surface area contributed by atoms with Crippen molar-refractivity contribution in [1.82, 2.24) is 4.98 Å². The van der Waals surface area contributed by atoms with Crippen LogP contribution in [0.1, 0.15) is 10.4 Å². The van der Waals surface area contributed by atoms with Gasteiger partial charge in [-0.3, -0.25) is 9.52 Å². The average molecular weight is 461 g/mol. The van der Waals surface area contributed by atoms with Crippen molar-refractivity contribution >= 4 is 44.7 Å². The van der Waals surface area contributed by atoms with Gasteiger partial charge in [-0.25, -0.2) is 13.4 Å². The number of halogens is 1. The predicted octanol–water partition coefficient (Wildman–Crippen LogP) is 3.86. The molecular formula is C21H21ClN4O4S. The van der Waals surface area contributed by atoms with E-state index in [0.717, 1.165) is 5.82 Å². The first-order chi connectivity index (χ1) is 14.7. The summed E-state index contributed by atoms with van der Waals surface area (Å²) in [6.07, 6.45) is 1.52. The van der Waals surface area contributed by atoms with Crippen LogP contribution in [0.4, 0.5) is 17.2 Å². The van der Waals surface area contributed by atoms with Gasteiger partial charge in [0.15, 0.2) is 0 Å². The number of pyridine rings is 1. The van der Waals surface area contributed by atoms with Gasteiger partial charge in [0, 0.05) is 19.7 Å². The molecule has 8 nitrogen and oxygen atoms in total. The fourth-order valence-corrected chi connectivity index (χ4v) is 4.30. The predicted molar refractivity (Wildman–Crippen MR) is 122 cm³/mol. The molecule has 0 atom stereocenters. The Morgan fingerprint density at radius 2 is 1.84 bits per heavy atom. The molecule has 31 heavy (non-hydrogen) atoms. The average Bonchev–Trinajstić information content (AvgIpc) is 2.74. The van der Waals surface area contributed by atoms with E-state index in [0.29, 0.717) is 11.4 Å². The van der Waals surface area contributed by atoms with Gasteiger partial charge in [-0.2, -0.15) is 0 Å². The molecule has 0 aliphatic heterocycles. The lowest BCUT2D eigenvalue weighted by molar-refractivity contribution is 0.102. The fourth-order valence-electron chi connectivity index (χ4n) is 2.71. The monoisotopic (exact) mass is 460 g/mol. The van der Waals surface area contributed by atoms with Gasteiger partial charge >= 0.3 is 0 Å². The van der Waals surface area contributed by atoms with Crippen molar-refractivity contribution in [2.75, 3.05) is 36.1 Å². The Balaban J connectivity index is 1.85. The number of methoxy groups -OCH3 is 1. The number of carbonyl (C=O) groups excluding carboxylic acids is 1. The summed E-state index contributed by atoms with van der Waals surface area (Å²) in [5.74, 6) is 0.592. The molecule has 0 radical (unpaired) electrons. The van der Waals surface area contributed by atoms with E-state index in [1.54, 1.807) is 36.4 Å². The van der Waals surface area contributed by atoms with Crippen LogP contribution in [0.15, 0.2) is 65.7 Å². The number of sulfonamides is 1. The fraction of sp³-hybridized carbons (Fsp3) is 0.143. The molecule has 0 fully saturated rings. The van der Waals surface area contributed by atoms with E-state index in [1.165, 1.54) is 31.5 Å². The molecule has 1 heterocycles. The summed E-state index contributed by atoms with van der Waals surface area (Å²) in [4.78, 5) is 18.5. The summed E-state index contributed by atoms with van der Waals surface area (Å²) in [6.45, 7) is 0. The number of amides is 1. The van der Waals surface area contributed by atoms with E-state index in [9.17, 15) is 13.2 Å². The number of hydrogen-bond acceptors (Lipinski definition) is 6. The SMILES string of the molecule is COc1ccccc1NS(=O)(=O)c1cc(C(=O)Nc2ccc(N(C)C)nc2)ccc1Cl. The van der Waals surface area contributed by atoms with Crippen molar-refractivity contribution < 1.29 is 17.9 Å². The Morgan fingerprint density at radius 3 is 2.48 bits per heavy atom. The van der Waals surface area contributed by atoms with Crippen LogP contribution in [0.25, 0.3) is 0 Å². The smallest absolute Gasteiger partial charge is 0.263 e. The second-order valence-electron chi connectivity index (χ2n) is 6.70. The number of rotatable bonds is 7. The largest absolute Gasteiger partial charge is 0.495 e. The van der Waals surface area contributed by atoms with Gasteiger partial charge < -0.3 is 15.0 Å². The van der Waals surface area contributed by atoms with Crippen LogP contribution in [0.3, 0.4) is 0 Å². The highest BCUT2D eigenvalue weighted by Gasteiger charge is 2.22. The van der Waals surface area contributed by atoms with Crippen LogP contribution in [0, 0.1) is 0 Å². The Hall–Kier alpha value is -3.30. The number of ether oxygens (including phenoxy) is 1. The highest BCUT2D eigenvalue weighted by atomic mass is 35.5. The van der Waals surface area contributed by atoms with Crippen LogP contribution in [0.5, 0.6) is 5.75 Å². The normalized spacial score (nSPS) is 11.0. The van der Waals surface area contributed by atoms with Crippen LogP contribution in [0.2, 0.25) is 5.02 Å². The van der Waals surface area contributed by atoms with Crippen molar-refractivity contribution in [3.63, 3.8) is 0 Å². The number of benzene rings is 2. The van der Waals surface area contributed by atoms with E-state index in [2.05, 4.69) is 15.0 Å². The number of anilines is 3. The summed E-state index contributed by atoms with van der Waals surface area (Å²) in [6, 6.07) is 14.1. The maximum atomic E-state index is 12.9. The van der Waals surface area contributed by atoms with Gasteiger partial charge in [-0.15, -0.1) is 0 Å². The second kappa shape index (κ2) is 9.23. The van der Waals surface area contributed by atoms with Gasteiger partial charge in [0.05, 0.1) is 29.7 Å². The Morgan fingerprint density at radius 1 is 1.10 bits per heavy atom. The zero-order valence-corrected chi connectivity index (χ0v) is 18.7. The van der Waals surface area contributed by atoms with Crippen LogP contribution in [-0.4, -0.2) is 40.5 Å². The number of para-hydroxylation sites is 2. The number of nitrogens with zero attached hydrogens (tertiary/aromatic N) is 2. The molecule has 0 saturated heterocycles. The molecule has 162 valence electrons. The highest BCUT2D eigenvalue weighted by molar-refractivity contribution is 7.92. The third-order valence-corrected chi connectivity index (χ3v) is 6.15. The zero-order chi connectivity index (χ0) is 22.6. The van der Waals surface area contributed by atoms with Crippen molar-refractivity contribution in [2.24, 2.45) is 0 Å². The topological polar surface area (TPSA) is 101 Å². The van der Waals surface area contributed by atoms with Crippen molar-refractivity contribution in [1.29, 1.82) is 0 Å². The van der Waals surface area contributed by atoms with E-state index >= 15 is 0 Å². The van der Waals surface area contributed by atoms with Crippen molar-refractivity contribution in [3.8, 4) is 5.75 Å². The zero-order valence-electron chi connectivity index (χ0n) is 17.1. The quantitative estimate of drug-likeness (QED) is 0.555. The molecule has 0 saturated carbocycles. The number of nitrogens with one attached hydrogen (secondary N) is 2. The first-order valence-corrected chi connectivity index (χ1v) is 11.0. The molecule has 3 rings (SSSR count). The highest BCUT2D eigenvalue weighted by Crippen LogP contribution is 2.29. The molecule has 2 N–H and O–H groups in total. The summed E-state index contributed by atoms with van der Waals surface area (Å²) in [7, 11) is 1.07. The minimum Gasteiger partial charge on any atom is -0.495 e. The van der Waals surface area contributed by atoms with Crippen LogP contribution >= 0.6 is 11.6 Å². The summed E-state index contributed by atoms with van der Waals surface area (Å²) >= 11 is 6.14. The first kappa shape index (κ1) is 22.4. The molecule has 0 aliphatic rings. The van der Waals surface area contributed by atoms with Crippen LogP contribution in [-0.2, 0) is 10.0 Å². The molecule has 1 aromatic heterocycles. The van der Waals surface area contributed by atoms with Gasteiger partial charge in [-0.1, -0.05) is 23.7 Å². The lowest BCUT2D eigenvalue weighted by Crippen LogP contribution is -2.17. The third kappa shape index (κ3) is 5.25. The molecular weight excluding hydrogens is 440 g/mol. The number of hydrogen-bond donors (Lipinski definition) is 2. The molecule has 0 bridgehead atoms. The molecule has 3 aromatic rings. The minimum atomic E-state index is -4.08. The lowest BCUT2D eigenvalue weighted by Gasteiger charge is -2.14. The molecule has 10 heteroatoms. The van der Waals surface area contributed by atoms with E-state index < -0.39 is 15.9 Å². The molecule has 0 aliphatic carbocycles. The Bertz CT molecular complexity index is 1200. The van der Waals surface area contributed by atoms with Gasteiger partial charge in [0.1, 0.15) is 16.5 Å². The summed E-state index contributed by atoms with van der Waals surface area (Å²) in [5, 5.41) is 2.67. The maximum Gasteiger partial charge on any atom is 0.263 e. The van der Waals surface area contributed by atoms with Crippen LogP contribution < -0.4 is 19.7 Å². The van der Waals surface area contributed by atoms with E-state index in [1.807, 2.05) is 19.0 Å². The standard InChI is InChI=1S/C21H21ClN4O4S/c1-26(2)20-11-9-15(13-23-20)24-21(27)14-8-10-16(22)19(12-14)31(28,29)25-17-6-4-5-7-18(17)30-3/h4-13,25H,1-3H3,(H,24,27). The maximum absolute atomic E-state index is 12.9. The summed E-state index contributed by atoms with van der Waals surface area (Å²) < 4.78 is 33.5. The molecule has 0 spiro atoms. The molecule has 1 amide bonds. The molecule has 2 aromatic carbocycles. The third-order valence-electron chi connectivity index (χ3n) is 4.30. The molecule has 0 unspecified atom stereocenters.